The maximum atomic E-state index is 13.8. The van der Waals surface area contributed by atoms with Crippen LogP contribution in [0.5, 0.6) is 11.5 Å². The minimum atomic E-state index is -1.18. The molecule has 0 spiro atoms. The van der Waals surface area contributed by atoms with Crippen LogP contribution in [0.2, 0.25) is 0 Å². The number of nitrogens with one attached hydrogen (secondary N) is 5. The molecule has 0 fully saturated rings. The van der Waals surface area contributed by atoms with Crippen molar-refractivity contribution < 1.29 is 48.5 Å². The summed E-state index contributed by atoms with van der Waals surface area (Å²) < 4.78 is 10.9. The maximum Gasteiger partial charge on any atom is 0.408 e. The van der Waals surface area contributed by atoms with Crippen molar-refractivity contribution in [3.05, 3.63) is 71.8 Å². The summed E-state index contributed by atoms with van der Waals surface area (Å²) in [6, 6.07) is 6.62. The Labute approximate surface area is 309 Å². The molecule has 2 aromatic rings. The average Bonchev–Trinajstić information content (AvgIpc) is 3.06. The lowest BCUT2D eigenvalue weighted by molar-refractivity contribution is -0.149. The van der Waals surface area contributed by atoms with E-state index in [1.165, 1.54) is 30.3 Å². The van der Waals surface area contributed by atoms with Crippen molar-refractivity contribution in [3.8, 4) is 11.5 Å². The van der Waals surface area contributed by atoms with Crippen LogP contribution in [0, 0.1) is 11.8 Å². The number of carbonyl (C=O) groups is 6. The Hall–Kier alpha value is -5.60. The van der Waals surface area contributed by atoms with Crippen molar-refractivity contribution in [3.63, 3.8) is 0 Å². The van der Waals surface area contributed by atoms with Gasteiger partial charge in [-0.2, -0.15) is 0 Å². The Morgan fingerprint density at radius 2 is 1.45 bits per heavy atom. The lowest BCUT2D eigenvalue weighted by Crippen LogP contribution is -2.58. The van der Waals surface area contributed by atoms with Crippen molar-refractivity contribution in [2.45, 2.75) is 97.1 Å². The van der Waals surface area contributed by atoms with Gasteiger partial charge in [0.15, 0.2) is 0 Å². The predicted molar refractivity (Wildman–Crippen MR) is 194 cm³/mol. The Morgan fingerprint density at radius 1 is 0.868 bits per heavy atom. The number of carbonyl (C=O) groups excluding carboxylic acids is 6. The summed E-state index contributed by atoms with van der Waals surface area (Å²) in [7, 11) is 0. The first-order chi connectivity index (χ1) is 24.8. The quantitative estimate of drug-likeness (QED) is 0.167. The molecule has 53 heavy (non-hydrogen) atoms. The van der Waals surface area contributed by atoms with E-state index in [0.717, 1.165) is 6.08 Å². The molecular formula is C38H51N5O10. The fourth-order valence-corrected chi connectivity index (χ4v) is 5.27. The molecule has 1 aliphatic rings. The van der Waals surface area contributed by atoms with Gasteiger partial charge in [0.1, 0.15) is 47.9 Å². The summed E-state index contributed by atoms with van der Waals surface area (Å²) >= 11 is 0. The van der Waals surface area contributed by atoms with Gasteiger partial charge in [-0.05, 0) is 68.0 Å². The van der Waals surface area contributed by atoms with Gasteiger partial charge in [-0.15, -0.1) is 0 Å². The Kier molecular flexibility index (Phi) is 14.8. The molecule has 15 heteroatoms. The zero-order chi connectivity index (χ0) is 39.5. The van der Waals surface area contributed by atoms with Crippen LogP contribution in [-0.4, -0.2) is 88.3 Å². The van der Waals surface area contributed by atoms with Gasteiger partial charge in [0, 0.05) is 18.9 Å². The summed E-state index contributed by atoms with van der Waals surface area (Å²) in [5.41, 5.74) is 0.383. The first kappa shape index (κ1) is 41.8. The van der Waals surface area contributed by atoms with Gasteiger partial charge in [-0.3, -0.25) is 19.2 Å². The van der Waals surface area contributed by atoms with Crippen molar-refractivity contribution in [1.29, 1.82) is 0 Å². The first-order valence-corrected chi connectivity index (χ1v) is 17.4. The molecule has 5 amide bonds. The van der Waals surface area contributed by atoms with Crippen LogP contribution in [0.3, 0.4) is 0 Å². The number of hydrogen-bond acceptors (Lipinski definition) is 10. The molecule has 0 aliphatic carbocycles. The molecule has 1 heterocycles. The van der Waals surface area contributed by atoms with Crippen LogP contribution >= 0.6 is 0 Å². The van der Waals surface area contributed by atoms with Crippen molar-refractivity contribution >= 4 is 35.7 Å². The minimum absolute atomic E-state index is 0.00738. The van der Waals surface area contributed by atoms with Crippen molar-refractivity contribution in [2.24, 2.45) is 11.8 Å². The van der Waals surface area contributed by atoms with Gasteiger partial charge in [-0.25, -0.2) is 9.59 Å². The zero-order valence-corrected chi connectivity index (χ0v) is 31.1. The molecule has 0 unspecified atom stereocenters. The number of alkyl carbamates (subject to hydrolysis) is 1. The highest BCUT2D eigenvalue weighted by molar-refractivity contribution is 5.95. The molecule has 0 radical (unpaired) electrons. The van der Waals surface area contributed by atoms with Gasteiger partial charge >= 0.3 is 12.1 Å². The third-order valence-corrected chi connectivity index (χ3v) is 8.07. The van der Waals surface area contributed by atoms with E-state index >= 15 is 0 Å². The lowest BCUT2D eigenvalue weighted by Gasteiger charge is -2.28. The van der Waals surface area contributed by atoms with Crippen LogP contribution in [0.1, 0.15) is 59.6 Å². The van der Waals surface area contributed by atoms with Gasteiger partial charge < -0.3 is 46.3 Å². The van der Waals surface area contributed by atoms with Crippen LogP contribution < -0.4 is 26.6 Å². The van der Waals surface area contributed by atoms with Gasteiger partial charge in [0.2, 0.25) is 23.6 Å². The topological polar surface area (TPSA) is 221 Å². The second-order valence-corrected chi connectivity index (χ2v) is 14.6. The molecule has 5 atom stereocenters. The van der Waals surface area contributed by atoms with Crippen LogP contribution in [0.25, 0.3) is 0 Å². The number of rotatable bonds is 11. The number of amides is 5. The van der Waals surface area contributed by atoms with E-state index in [1.54, 1.807) is 72.7 Å². The van der Waals surface area contributed by atoms with Crippen molar-refractivity contribution in [2.75, 3.05) is 6.61 Å². The van der Waals surface area contributed by atoms with Crippen LogP contribution in [0.4, 0.5) is 4.79 Å². The van der Waals surface area contributed by atoms with Gasteiger partial charge in [0.05, 0.1) is 6.04 Å². The monoisotopic (exact) mass is 737 g/mol. The first-order valence-electron chi connectivity index (χ1n) is 17.4. The summed E-state index contributed by atoms with van der Waals surface area (Å²) in [5, 5.41) is 32.7. The molecule has 1 aliphatic heterocycles. The third kappa shape index (κ3) is 13.8. The van der Waals surface area contributed by atoms with Crippen LogP contribution in [-0.2, 0) is 46.3 Å². The molecule has 7 N–H and O–H groups in total. The number of ether oxygens (including phenoxy) is 2. The number of benzene rings is 2. The summed E-state index contributed by atoms with van der Waals surface area (Å²) in [6.45, 7) is 11.5. The molecule has 15 nitrogen and oxygen atoms in total. The number of phenols is 2. The molecule has 0 saturated heterocycles. The lowest BCUT2D eigenvalue weighted by atomic mass is 10.0. The van der Waals surface area contributed by atoms with E-state index in [1.807, 2.05) is 0 Å². The Bertz CT molecular complexity index is 1630. The van der Waals surface area contributed by atoms with E-state index in [2.05, 4.69) is 26.6 Å². The second-order valence-electron chi connectivity index (χ2n) is 14.6. The SMILES string of the molecule is CC(C)[C@@H]1NC(=O)/C=C\[C@@H](NC(=O)[C@@H](NC(=O)[C@H](Cc2ccc(O)cc2)NC(=O)OC(C)(C)C)C(C)C)COC(=O)[C@H](Cc2ccc(O)cc2)NC1=O. The molecule has 0 saturated carbocycles. The molecule has 0 aromatic heterocycles. The standard InChI is InChI=1S/C38H51N5O10/c1-21(2)31-35(49)40-29(19-24-10-15-27(45)16-11-24)36(50)52-20-25(12-17-30(46)42-31)39-34(48)32(22(3)4)43-33(47)28(41-37(51)53-38(5,6)7)18-23-8-13-26(44)14-9-23/h8-17,21-22,25,28-29,31-32,44-45H,18-20H2,1-7H3,(H,39,48)(H,40,49)(H,41,51)(H,42,46)(H,43,47)/b17-12-/t25-,28+,29+,31+,32+/m1/s1. The number of hydrogen-bond donors (Lipinski definition) is 7. The number of cyclic esters (lactones) is 1. The van der Waals surface area contributed by atoms with E-state index in [0.29, 0.717) is 11.1 Å². The average molecular weight is 738 g/mol. The van der Waals surface area contributed by atoms with Gasteiger partial charge in [-0.1, -0.05) is 58.0 Å². The normalized spacial score (nSPS) is 20.0. The fourth-order valence-electron chi connectivity index (χ4n) is 5.27. The van der Waals surface area contributed by atoms with Gasteiger partial charge in [0.25, 0.3) is 0 Å². The van der Waals surface area contributed by atoms with E-state index in [4.69, 9.17) is 9.47 Å². The molecule has 288 valence electrons. The third-order valence-electron chi connectivity index (χ3n) is 8.07. The zero-order valence-electron chi connectivity index (χ0n) is 31.1. The summed E-state index contributed by atoms with van der Waals surface area (Å²) in [4.78, 5) is 79.7. The molecular weight excluding hydrogens is 686 g/mol. The maximum absolute atomic E-state index is 13.8. The number of phenolic OH excluding ortho intramolecular Hbond substituents is 2. The highest BCUT2D eigenvalue weighted by Crippen LogP contribution is 2.15. The Morgan fingerprint density at radius 3 is 2.00 bits per heavy atom. The van der Waals surface area contributed by atoms with Crippen LogP contribution in [0.15, 0.2) is 60.7 Å². The molecule has 3 rings (SSSR count). The van der Waals surface area contributed by atoms with E-state index < -0.39 is 84.0 Å². The predicted octanol–water partition coefficient (Wildman–Crippen LogP) is 2.14. The molecule has 0 bridgehead atoms. The molecule has 2 aromatic carbocycles. The fraction of sp³-hybridized carbons (Fsp3) is 0.474. The summed E-state index contributed by atoms with van der Waals surface area (Å²) in [5.74, 6) is -4.14. The number of aromatic hydroxyl groups is 2. The van der Waals surface area contributed by atoms with Crippen molar-refractivity contribution in [1.82, 2.24) is 26.6 Å². The smallest absolute Gasteiger partial charge is 0.408 e. The highest BCUT2D eigenvalue weighted by Gasteiger charge is 2.33. The largest absolute Gasteiger partial charge is 0.508 e. The minimum Gasteiger partial charge on any atom is -0.508 e. The Balaban J connectivity index is 1.84. The second kappa shape index (κ2) is 18.8. The summed E-state index contributed by atoms with van der Waals surface area (Å²) in [6.07, 6.45) is 1.62. The number of esters is 1. The van der Waals surface area contributed by atoms with E-state index in [-0.39, 0.29) is 30.3 Å². The van der Waals surface area contributed by atoms with E-state index in [9.17, 15) is 39.0 Å². The highest BCUT2D eigenvalue weighted by atomic mass is 16.6.